The summed E-state index contributed by atoms with van der Waals surface area (Å²) in [6, 6.07) is 16.9. The summed E-state index contributed by atoms with van der Waals surface area (Å²) in [6.45, 7) is 6.18. The maximum Gasteiger partial charge on any atom is 0.267 e. The fourth-order valence-electron chi connectivity index (χ4n) is 3.48. The first-order valence-corrected chi connectivity index (χ1v) is 10.5. The molecule has 6 heteroatoms. The first-order chi connectivity index (χ1) is 14.6. The van der Waals surface area contributed by atoms with E-state index in [4.69, 9.17) is 10.2 Å². The monoisotopic (exact) mass is 406 g/mol. The molecule has 0 saturated carbocycles. The molecule has 0 spiro atoms. The van der Waals surface area contributed by atoms with Crippen LogP contribution in [0, 0.1) is 0 Å². The largest absolute Gasteiger partial charge is 0.328 e. The van der Waals surface area contributed by atoms with Crippen LogP contribution in [0.3, 0.4) is 0 Å². The molecule has 0 aliphatic rings. The third kappa shape index (κ3) is 6.02. The number of hydroxylamine groups is 1. The highest BCUT2D eigenvalue weighted by Gasteiger charge is 2.11. The number of benzene rings is 2. The van der Waals surface area contributed by atoms with E-state index in [-0.39, 0.29) is 0 Å². The lowest BCUT2D eigenvalue weighted by Crippen LogP contribution is -2.24. The van der Waals surface area contributed by atoms with E-state index < -0.39 is 5.91 Å². The van der Waals surface area contributed by atoms with Crippen molar-refractivity contribution in [1.82, 2.24) is 20.3 Å². The van der Waals surface area contributed by atoms with Gasteiger partial charge in [-0.2, -0.15) is 0 Å². The second-order valence-corrected chi connectivity index (χ2v) is 7.69. The van der Waals surface area contributed by atoms with Crippen LogP contribution in [0.2, 0.25) is 0 Å². The summed E-state index contributed by atoms with van der Waals surface area (Å²) in [7, 11) is 0. The number of aromatic nitrogens is 2. The topological polar surface area (TPSA) is 79.2 Å². The molecule has 2 aromatic carbocycles. The number of carbonyl (C=O) groups is 1. The molecule has 3 N–H and O–H groups in total. The third-order valence-electron chi connectivity index (χ3n) is 4.98. The fourth-order valence-corrected chi connectivity index (χ4v) is 3.48. The highest BCUT2D eigenvalue weighted by molar-refractivity contribution is 5.91. The van der Waals surface area contributed by atoms with Crippen LogP contribution in [0.5, 0.6) is 0 Å². The molecule has 0 saturated heterocycles. The Morgan fingerprint density at radius 3 is 2.70 bits per heavy atom. The van der Waals surface area contributed by atoms with Gasteiger partial charge in [0.1, 0.15) is 5.82 Å². The van der Waals surface area contributed by atoms with Gasteiger partial charge in [0.05, 0.1) is 11.0 Å². The molecular weight excluding hydrogens is 376 g/mol. The van der Waals surface area contributed by atoms with Gasteiger partial charge in [0.2, 0.25) is 0 Å². The number of aryl methyl sites for hydroxylation is 3. The van der Waals surface area contributed by atoms with Crippen LogP contribution in [0.25, 0.3) is 17.1 Å². The summed E-state index contributed by atoms with van der Waals surface area (Å²) in [4.78, 5) is 16.2. The average Bonchev–Trinajstić information content (AvgIpc) is 3.10. The van der Waals surface area contributed by atoms with Crippen LogP contribution in [0.4, 0.5) is 0 Å². The van der Waals surface area contributed by atoms with Gasteiger partial charge in [-0.25, -0.2) is 10.5 Å². The van der Waals surface area contributed by atoms with E-state index in [9.17, 15) is 4.79 Å². The van der Waals surface area contributed by atoms with Crippen LogP contribution >= 0.6 is 0 Å². The minimum absolute atomic E-state index is 0.479. The van der Waals surface area contributed by atoms with Crippen molar-refractivity contribution in [3.05, 3.63) is 71.6 Å². The number of rotatable bonds is 10. The zero-order chi connectivity index (χ0) is 21.3. The third-order valence-corrected chi connectivity index (χ3v) is 4.98. The average molecular weight is 407 g/mol. The van der Waals surface area contributed by atoms with Gasteiger partial charge >= 0.3 is 0 Å². The van der Waals surface area contributed by atoms with Crippen LogP contribution in [0.15, 0.2) is 54.6 Å². The molecule has 30 heavy (non-hydrogen) atoms. The molecular formula is C24H30N4O2. The van der Waals surface area contributed by atoms with Gasteiger partial charge in [-0.3, -0.25) is 10.0 Å². The molecule has 1 heterocycles. The van der Waals surface area contributed by atoms with E-state index in [0.29, 0.717) is 6.04 Å². The van der Waals surface area contributed by atoms with Crippen molar-refractivity contribution >= 4 is 23.0 Å². The minimum atomic E-state index is -0.554. The van der Waals surface area contributed by atoms with E-state index in [1.54, 1.807) is 11.6 Å². The molecule has 0 atom stereocenters. The summed E-state index contributed by atoms with van der Waals surface area (Å²) in [5.74, 6) is 0.523. The Morgan fingerprint density at radius 2 is 1.97 bits per heavy atom. The molecule has 3 aromatic rings. The molecule has 3 rings (SSSR count). The molecule has 0 radical (unpaired) electrons. The van der Waals surface area contributed by atoms with E-state index in [0.717, 1.165) is 54.8 Å². The van der Waals surface area contributed by atoms with Gasteiger partial charge in [-0.1, -0.05) is 50.2 Å². The lowest BCUT2D eigenvalue weighted by atomic mass is 10.1. The predicted molar refractivity (Wildman–Crippen MR) is 120 cm³/mol. The first kappa shape index (κ1) is 21.7. The number of hydrogen-bond donors (Lipinski definition) is 3. The summed E-state index contributed by atoms with van der Waals surface area (Å²) < 4.78 is 2.31. The van der Waals surface area contributed by atoms with E-state index >= 15 is 0 Å². The molecule has 0 unspecified atom stereocenters. The number of nitrogens with one attached hydrogen (secondary N) is 2. The van der Waals surface area contributed by atoms with Crippen molar-refractivity contribution < 1.29 is 10.0 Å². The van der Waals surface area contributed by atoms with Gasteiger partial charge in [-0.05, 0) is 48.7 Å². The maximum atomic E-state index is 11.2. The molecule has 0 bridgehead atoms. The smallest absolute Gasteiger partial charge is 0.267 e. The number of hydrogen-bond acceptors (Lipinski definition) is 4. The highest BCUT2D eigenvalue weighted by atomic mass is 16.5. The predicted octanol–water partition coefficient (Wildman–Crippen LogP) is 3.73. The maximum absolute atomic E-state index is 11.2. The van der Waals surface area contributed by atoms with E-state index in [2.05, 4.69) is 54.1 Å². The quantitative estimate of drug-likeness (QED) is 0.207. The van der Waals surface area contributed by atoms with Crippen LogP contribution in [-0.4, -0.2) is 33.3 Å². The molecule has 1 aromatic heterocycles. The van der Waals surface area contributed by atoms with Crippen LogP contribution in [-0.2, 0) is 24.2 Å². The summed E-state index contributed by atoms with van der Waals surface area (Å²) in [5, 5.41) is 12.1. The number of imidazole rings is 1. The van der Waals surface area contributed by atoms with Crippen molar-refractivity contribution in [3.63, 3.8) is 0 Å². The highest BCUT2D eigenvalue weighted by Crippen LogP contribution is 2.21. The zero-order valence-corrected chi connectivity index (χ0v) is 17.6. The van der Waals surface area contributed by atoms with Gasteiger partial charge in [0, 0.05) is 25.1 Å². The summed E-state index contributed by atoms with van der Waals surface area (Å²) >= 11 is 0. The number of fused-ring (bicyclic) bond motifs is 1. The Bertz CT molecular complexity index is 993. The lowest BCUT2D eigenvalue weighted by molar-refractivity contribution is -0.124. The summed E-state index contributed by atoms with van der Waals surface area (Å²) in [6.07, 6.45) is 5.80. The Morgan fingerprint density at radius 1 is 1.17 bits per heavy atom. The SMILES string of the molecule is CC(C)NCCCn1c(CCc2ccccc2)nc2cc(C=CC(=O)NO)ccc21. The summed E-state index contributed by atoms with van der Waals surface area (Å²) in [5.41, 5.74) is 5.79. The molecule has 1 amide bonds. The standard InChI is InChI=1S/C24H30N4O2/c1-18(2)25-15-6-16-28-22-12-9-20(11-14-24(29)27-30)17-21(22)26-23(28)13-10-19-7-4-3-5-8-19/h3-5,7-9,11-12,14,17-18,25,30H,6,10,13,15-16H2,1-2H3,(H,27,29). The van der Waals surface area contributed by atoms with Gasteiger partial charge in [0.15, 0.2) is 0 Å². The van der Waals surface area contributed by atoms with Crippen molar-refractivity contribution in [2.24, 2.45) is 0 Å². The number of amides is 1. The van der Waals surface area contributed by atoms with Gasteiger partial charge in [-0.15, -0.1) is 0 Å². The molecule has 6 nitrogen and oxygen atoms in total. The van der Waals surface area contributed by atoms with Crippen molar-refractivity contribution in [1.29, 1.82) is 0 Å². The zero-order valence-electron chi connectivity index (χ0n) is 17.6. The lowest BCUT2D eigenvalue weighted by Gasteiger charge is -2.11. The van der Waals surface area contributed by atoms with Crippen molar-refractivity contribution in [2.75, 3.05) is 6.54 Å². The van der Waals surface area contributed by atoms with Crippen molar-refractivity contribution in [2.45, 2.75) is 45.7 Å². The Hall–Kier alpha value is -2.96. The second-order valence-electron chi connectivity index (χ2n) is 7.69. The van der Waals surface area contributed by atoms with Crippen molar-refractivity contribution in [3.8, 4) is 0 Å². The number of nitrogens with zero attached hydrogens (tertiary/aromatic N) is 2. The Kier molecular flexibility index (Phi) is 7.76. The first-order valence-electron chi connectivity index (χ1n) is 10.5. The molecule has 158 valence electrons. The second kappa shape index (κ2) is 10.7. The fraction of sp³-hybridized carbons (Fsp3) is 0.333. The Balaban J connectivity index is 1.83. The molecule has 0 aliphatic carbocycles. The molecule has 0 fully saturated rings. The normalized spacial score (nSPS) is 11.6. The molecule has 0 aliphatic heterocycles. The van der Waals surface area contributed by atoms with E-state index in [1.807, 2.05) is 18.2 Å². The minimum Gasteiger partial charge on any atom is -0.328 e. The van der Waals surface area contributed by atoms with Gasteiger partial charge in [0.25, 0.3) is 5.91 Å². The van der Waals surface area contributed by atoms with Gasteiger partial charge < -0.3 is 9.88 Å². The van der Waals surface area contributed by atoms with Crippen LogP contribution < -0.4 is 10.8 Å². The van der Waals surface area contributed by atoms with Crippen LogP contribution in [0.1, 0.15) is 37.2 Å². The van der Waals surface area contributed by atoms with E-state index in [1.165, 1.54) is 11.6 Å². The Labute approximate surface area is 177 Å². The number of carbonyl (C=O) groups excluding carboxylic acids is 1.